The first-order chi connectivity index (χ1) is 16.3. The first-order valence-electron chi connectivity index (χ1n) is 10.7. The molecule has 1 aromatic heterocycles. The molecule has 1 heterocycles. The molecule has 0 saturated heterocycles. The number of aromatic nitrogens is 1. The standard InChI is InChI=1S/C25H25N3O4S2/c1-4-28(25-26-22-7-5-6-8-23(22)33-25)24(29)17-32-20-13-11-19(12-14-20)27(3)34(30,31)21-15-9-18(2)10-16-21/h5-16H,4,17H2,1-3H3. The summed E-state index contributed by atoms with van der Waals surface area (Å²) in [5.41, 5.74) is 2.33. The van der Waals surface area contributed by atoms with Gasteiger partial charge in [-0.15, -0.1) is 0 Å². The summed E-state index contributed by atoms with van der Waals surface area (Å²) in [5.74, 6) is 0.267. The van der Waals surface area contributed by atoms with Crippen LogP contribution in [0.3, 0.4) is 0 Å². The van der Waals surface area contributed by atoms with Crippen molar-refractivity contribution < 1.29 is 17.9 Å². The summed E-state index contributed by atoms with van der Waals surface area (Å²) in [4.78, 5) is 19.2. The molecule has 0 bridgehead atoms. The molecule has 0 spiro atoms. The maximum atomic E-state index is 12.9. The van der Waals surface area contributed by atoms with Gasteiger partial charge >= 0.3 is 0 Å². The molecule has 0 fully saturated rings. The summed E-state index contributed by atoms with van der Waals surface area (Å²) in [6, 6.07) is 21.1. The van der Waals surface area contributed by atoms with Gasteiger partial charge in [-0.1, -0.05) is 41.2 Å². The predicted molar refractivity (Wildman–Crippen MR) is 136 cm³/mol. The zero-order valence-corrected chi connectivity index (χ0v) is 20.8. The van der Waals surface area contributed by atoms with Gasteiger partial charge in [-0.2, -0.15) is 0 Å². The number of sulfonamides is 1. The van der Waals surface area contributed by atoms with Crippen molar-refractivity contribution in [2.24, 2.45) is 0 Å². The number of aryl methyl sites for hydroxylation is 1. The van der Waals surface area contributed by atoms with Crippen LogP contribution in [-0.2, 0) is 14.8 Å². The van der Waals surface area contributed by atoms with Gasteiger partial charge in [0, 0.05) is 13.6 Å². The highest BCUT2D eigenvalue weighted by Crippen LogP contribution is 2.29. The number of thiazole rings is 1. The molecule has 4 rings (SSSR count). The lowest BCUT2D eigenvalue weighted by Crippen LogP contribution is -2.34. The van der Waals surface area contributed by atoms with Crippen molar-refractivity contribution in [3.8, 4) is 5.75 Å². The van der Waals surface area contributed by atoms with Crippen molar-refractivity contribution in [1.29, 1.82) is 0 Å². The van der Waals surface area contributed by atoms with Crippen LogP contribution in [0.1, 0.15) is 12.5 Å². The molecule has 1 amide bonds. The lowest BCUT2D eigenvalue weighted by Gasteiger charge is -2.20. The minimum Gasteiger partial charge on any atom is -0.484 e. The highest BCUT2D eigenvalue weighted by atomic mass is 32.2. The second-order valence-electron chi connectivity index (χ2n) is 7.67. The number of carbonyl (C=O) groups excluding carboxylic acids is 1. The van der Waals surface area contributed by atoms with Crippen LogP contribution in [0.2, 0.25) is 0 Å². The van der Waals surface area contributed by atoms with Crippen LogP contribution in [0.25, 0.3) is 10.2 Å². The first-order valence-corrected chi connectivity index (χ1v) is 13.0. The van der Waals surface area contributed by atoms with Gasteiger partial charge in [0.2, 0.25) is 0 Å². The molecule has 4 aromatic rings. The summed E-state index contributed by atoms with van der Waals surface area (Å²) in [6.45, 7) is 4.12. The van der Waals surface area contributed by atoms with Crippen LogP contribution in [0, 0.1) is 6.92 Å². The Bertz CT molecular complexity index is 1370. The first kappa shape index (κ1) is 23.7. The van der Waals surface area contributed by atoms with E-state index in [0.717, 1.165) is 15.8 Å². The van der Waals surface area contributed by atoms with Crippen LogP contribution < -0.4 is 13.9 Å². The van der Waals surface area contributed by atoms with E-state index in [1.165, 1.54) is 22.7 Å². The zero-order chi connectivity index (χ0) is 24.3. The fraction of sp³-hybridized carbons (Fsp3) is 0.200. The molecule has 176 valence electrons. The second-order valence-corrected chi connectivity index (χ2v) is 10.6. The Hall–Kier alpha value is -3.43. The topological polar surface area (TPSA) is 79.8 Å². The number of hydrogen-bond acceptors (Lipinski definition) is 6. The fourth-order valence-corrected chi connectivity index (χ4v) is 5.62. The Labute approximate surface area is 203 Å². The normalized spacial score (nSPS) is 11.4. The molecule has 0 atom stereocenters. The fourth-order valence-electron chi connectivity index (χ4n) is 3.38. The molecule has 0 unspecified atom stereocenters. The zero-order valence-electron chi connectivity index (χ0n) is 19.1. The highest BCUT2D eigenvalue weighted by molar-refractivity contribution is 7.92. The summed E-state index contributed by atoms with van der Waals surface area (Å²) in [6.07, 6.45) is 0. The maximum absolute atomic E-state index is 12.9. The van der Waals surface area contributed by atoms with Gasteiger partial charge in [0.25, 0.3) is 15.9 Å². The number of likely N-dealkylation sites (N-methyl/N-ethyl adjacent to an activating group) is 1. The molecule has 34 heavy (non-hydrogen) atoms. The largest absolute Gasteiger partial charge is 0.484 e. The van der Waals surface area contributed by atoms with E-state index in [9.17, 15) is 13.2 Å². The number of rotatable bonds is 8. The van der Waals surface area contributed by atoms with Crippen molar-refractivity contribution in [3.63, 3.8) is 0 Å². The average Bonchev–Trinajstić information content (AvgIpc) is 3.27. The van der Waals surface area contributed by atoms with E-state index in [1.54, 1.807) is 53.4 Å². The number of para-hydroxylation sites is 1. The SMILES string of the molecule is CCN(C(=O)COc1ccc(N(C)S(=O)(=O)c2ccc(C)cc2)cc1)c1nc2ccccc2s1. The van der Waals surface area contributed by atoms with Crippen molar-refractivity contribution in [2.75, 3.05) is 29.4 Å². The monoisotopic (exact) mass is 495 g/mol. The summed E-state index contributed by atoms with van der Waals surface area (Å²) in [5, 5.41) is 0.635. The van der Waals surface area contributed by atoms with Gasteiger partial charge in [0.15, 0.2) is 11.7 Å². The molecule has 3 aromatic carbocycles. The lowest BCUT2D eigenvalue weighted by atomic mass is 10.2. The van der Waals surface area contributed by atoms with Gasteiger partial charge in [-0.05, 0) is 62.4 Å². The van der Waals surface area contributed by atoms with Crippen LogP contribution >= 0.6 is 11.3 Å². The molecule has 9 heteroatoms. The minimum atomic E-state index is -3.68. The van der Waals surface area contributed by atoms with E-state index in [4.69, 9.17) is 4.74 Å². The number of nitrogens with zero attached hydrogens (tertiary/aromatic N) is 3. The molecule has 0 aliphatic rings. The van der Waals surface area contributed by atoms with Crippen LogP contribution in [0.5, 0.6) is 5.75 Å². The second kappa shape index (κ2) is 9.82. The summed E-state index contributed by atoms with van der Waals surface area (Å²) in [7, 11) is -2.17. The molecule has 0 radical (unpaired) electrons. The van der Waals surface area contributed by atoms with Gasteiger partial charge < -0.3 is 4.74 Å². The van der Waals surface area contributed by atoms with Crippen LogP contribution in [0.4, 0.5) is 10.8 Å². The third-order valence-electron chi connectivity index (χ3n) is 5.37. The smallest absolute Gasteiger partial charge is 0.266 e. The Morgan fingerprint density at radius 2 is 1.68 bits per heavy atom. The third-order valence-corrected chi connectivity index (χ3v) is 8.23. The molecule has 7 nitrogen and oxygen atoms in total. The van der Waals surface area contributed by atoms with Crippen molar-refractivity contribution in [1.82, 2.24) is 4.98 Å². The van der Waals surface area contributed by atoms with Crippen molar-refractivity contribution in [3.05, 3.63) is 78.4 Å². The molecule has 0 aliphatic carbocycles. The van der Waals surface area contributed by atoms with E-state index in [-0.39, 0.29) is 17.4 Å². The number of carbonyl (C=O) groups is 1. The van der Waals surface area contributed by atoms with E-state index in [2.05, 4.69) is 4.98 Å². The molecular formula is C25H25N3O4S2. The average molecular weight is 496 g/mol. The summed E-state index contributed by atoms with van der Waals surface area (Å²) < 4.78 is 33.7. The van der Waals surface area contributed by atoms with Crippen molar-refractivity contribution >= 4 is 48.3 Å². The predicted octanol–water partition coefficient (Wildman–Crippen LogP) is 4.86. The Balaban J connectivity index is 1.42. The molecular weight excluding hydrogens is 470 g/mol. The number of fused-ring (bicyclic) bond motifs is 1. The Morgan fingerprint density at radius 1 is 1.00 bits per heavy atom. The maximum Gasteiger partial charge on any atom is 0.266 e. The van der Waals surface area contributed by atoms with Gasteiger partial charge in [0.05, 0.1) is 20.8 Å². The van der Waals surface area contributed by atoms with E-state index < -0.39 is 10.0 Å². The van der Waals surface area contributed by atoms with Crippen LogP contribution in [0.15, 0.2) is 77.7 Å². The van der Waals surface area contributed by atoms with E-state index in [0.29, 0.717) is 23.1 Å². The molecule has 0 N–H and O–H groups in total. The summed E-state index contributed by atoms with van der Waals surface area (Å²) >= 11 is 1.46. The quantitative estimate of drug-likeness (QED) is 0.349. The number of ether oxygens (including phenoxy) is 1. The van der Waals surface area contributed by atoms with Crippen LogP contribution in [-0.4, -0.2) is 39.5 Å². The molecule has 0 aliphatic heterocycles. The van der Waals surface area contributed by atoms with Gasteiger partial charge in [-0.3, -0.25) is 14.0 Å². The minimum absolute atomic E-state index is 0.152. The Morgan fingerprint density at radius 3 is 2.32 bits per heavy atom. The number of hydrogen-bond donors (Lipinski definition) is 0. The lowest BCUT2D eigenvalue weighted by molar-refractivity contribution is -0.120. The number of amides is 1. The van der Waals surface area contributed by atoms with Gasteiger partial charge in [-0.25, -0.2) is 13.4 Å². The number of anilines is 2. The third kappa shape index (κ3) is 4.90. The Kier molecular flexibility index (Phi) is 6.85. The highest BCUT2D eigenvalue weighted by Gasteiger charge is 2.22. The van der Waals surface area contributed by atoms with Crippen molar-refractivity contribution in [2.45, 2.75) is 18.7 Å². The number of benzene rings is 3. The van der Waals surface area contributed by atoms with E-state index in [1.807, 2.05) is 38.1 Å². The molecule has 0 saturated carbocycles. The van der Waals surface area contributed by atoms with E-state index >= 15 is 0 Å². The van der Waals surface area contributed by atoms with Gasteiger partial charge in [0.1, 0.15) is 5.75 Å².